The summed E-state index contributed by atoms with van der Waals surface area (Å²) in [5, 5.41) is 0. The molecule has 1 unspecified atom stereocenters. The van der Waals surface area contributed by atoms with E-state index in [0.717, 1.165) is 16.8 Å². The summed E-state index contributed by atoms with van der Waals surface area (Å²) in [6, 6.07) is 11.6. The van der Waals surface area contributed by atoms with Gasteiger partial charge >= 0.3 is 0 Å². The highest BCUT2D eigenvalue weighted by Crippen LogP contribution is 2.19. The third-order valence-electron chi connectivity index (χ3n) is 3.74. The second-order valence-electron chi connectivity index (χ2n) is 5.21. The molecular weight excluding hydrogens is 262 g/mol. The van der Waals surface area contributed by atoms with Crippen LogP contribution in [0.15, 0.2) is 48.8 Å². The number of rotatable bonds is 5. The van der Waals surface area contributed by atoms with Crippen LogP contribution in [0.25, 0.3) is 0 Å². The maximum absolute atomic E-state index is 12.3. The van der Waals surface area contributed by atoms with Crippen LogP contribution < -0.4 is 5.73 Å². The summed E-state index contributed by atoms with van der Waals surface area (Å²) < 4.78 is 0. The molecule has 2 rings (SSSR count). The van der Waals surface area contributed by atoms with E-state index in [2.05, 4.69) is 4.98 Å². The number of aryl methyl sites for hydroxylation is 1. The Morgan fingerprint density at radius 2 is 2.00 bits per heavy atom. The molecule has 1 amide bonds. The normalized spacial score (nSPS) is 11.9. The molecule has 1 aromatic heterocycles. The molecule has 0 aliphatic rings. The summed E-state index contributed by atoms with van der Waals surface area (Å²) in [5.41, 5.74) is 8.66. The van der Waals surface area contributed by atoms with Crippen molar-refractivity contribution in [1.29, 1.82) is 0 Å². The van der Waals surface area contributed by atoms with E-state index in [9.17, 15) is 4.79 Å². The molecule has 0 saturated heterocycles. The van der Waals surface area contributed by atoms with Crippen molar-refractivity contribution < 1.29 is 4.79 Å². The number of carbonyl (C=O) groups is 1. The summed E-state index contributed by atoms with van der Waals surface area (Å²) in [6.07, 6.45) is 4.68. The lowest BCUT2D eigenvalue weighted by Crippen LogP contribution is -2.29. The van der Waals surface area contributed by atoms with E-state index in [0.29, 0.717) is 12.8 Å². The molecule has 0 aliphatic carbocycles. The average molecular weight is 283 g/mol. The van der Waals surface area contributed by atoms with Gasteiger partial charge in [-0.25, -0.2) is 0 Å². The van der Waals surface area contributed by atoms with Gasteiger partial charge in [0.05, 0.1) is 6.04 Å². The number of pyridine rings is 1. The molecule has 0 aliphatic heterocycles. The standard InChI is InChI=1S/C17H21N3O/c1-13(15-8-10-19-11-9-15)20(2)17(21)7-6-14-4-3-5-16(18)12-14/h3-5,8-13H,6-7,18H2,1-2H3. The van der Waals surface area contributed by atoms with Gasteiger partial charge in [-0.2, -0.15) is 0 Å². The number of aromatic nitrogens is 1. The molecule has 0 fully saturated rings. The highest BCUT2D eigenvalue weighted by molar-refractivity contribution is 5.76. The van der Waals surface area contributed by atoms with Crippen LogP contribution in [0.3, 0.4) is 0 Å². The molecule has 110 valence electrons. The predicted molar refractivity (Wildman–Crippen MR) is 84.6 cm³/mol. The lowest BCUT2D eigenvalue weighted by molar-refractivity contribution is -0.131. The number of nitrogens with two attached hydrogens (primary N) is 1. The van der Waals surface area contributed by atoms with Crippen molar-refractivity contribution in [2.75, 3.05) is 12.8 Å². The Balaban J connectivity index is 1.94. The monoisotopic (exact) mass is 283 g/mol. The molecular formula is C17H21N3O. The van der Waals surface area contributed by atoms with Gasteiger partial charge in [-0.1, -0.05) is 12.1 Å². The number of benzene rings is 1. The van der Waals surface area contributed by atoms with Crippen LogP contribution in [0.5, 0.6) is 0 Å². The van der Waals surface area contributed by atoms with Crippen molar-refractivity contribution in [3.8, 4) is 0 Å². The lowest BCUT2D eigenvalue weighted by Gasteiger charge is -2.25. The van der Waals surface area contributed by atoms with Gasteiger partial charge in [-0.15, -0.1) is 0 Å². The van der Waals surface area contributed by atoms with Gasteiger partial charge in [0.2, 0.25) is 5.91 Å². The molecule has 0 saturated carbocycles. The van der Waals surface area contributed by atoms with Crippen LogP contribution in [0.4, 0.5) is 5.69 Å². The zero-order valence-corrected chi connectivity index (χ0v) is 12.5. The Morgan fingerprint density at radius 1 is 1.29 bits per heavy atom. The Morgan fingerprint density at radius 3 is 2.67 bits per heavy atom. The van der Waals surface area contributed by atoms with Gasteiger partial charge in [-0.05, 0) is 48.7 Å². The number of amides is 1. The molecule has 1 aromatic carbocycles. The Labute approximate surface area is 125 Å². The van der Waals surface area contributed by atoms with Crippen LogP contribution in [-0.2, 0) is 11.2 Å². The van der Waals surface area contributed by atoms with Crippen molar-refractivity contribution in [1.82, 2.24) is 9.88 Å². The first-order valence-corrected chi connectivity index (χ1v) is 7.08. The maximum Gasteiger partial charge on any atom is 0.223 e. The number of nitrogen functional groups attached to an aromatic ring is 1. The van der Waals surface area contributed by atoms with Gasteiger partial charge in [0.1, 0.15) is 0 Å². The third kappa shape index (κ3) is 4.05. The lowest BCUT2D eigenvalue weighted by atomic mass is 10.1. The molecule has 1 heterocycles. The molecule has 2 aromatic rings. The van der Waals surface area contributed by atoms with Gasteiger partial charge in [0.25, 0.3) is 0 Å². The first-order chi connectivity index (χ1) is 10.1. The predicted octanol–water partition coefficient (Wildman–Crippen LogP) is 2.82. The van der Waals surface area contributed by atoms with E-state index in [4.69, 9.17) is 5.73 Å². The van der Waals surface area contributed by atoms with Crippen molar-refractivity contribution in [3.63, 3.8) is 0 Å². The smallest absolute Gasteiger partial charge is 0.223 e. The van der Waals surface area contributed by atoms with E-state index < -0.39 is 0 Å². The molecule has 2 N–H and O–H groups in total. The van der Waals surface area contributed by atoms with Gasteiger partial charge in [0, 0.05) is 31.5 Å². The Hall–Kier alpha value is -2.36. The van der Waals surface area contributed by atoms with E-state index in [1.54, 1.807) is 17.3 Å². The zero-order valence-electron chi connectivity index (χ0n) is 12.5. The Bertz CT molecular complexity index is 598. The minimum Gasteiger partial charge on any atom is -0.399 e. The van der Waals surface area contributed by atoms with Gasteiger partial charge in [0.15, 0.2) is 0 Å². The maximum atomic E-state index is 12.3. The van der Waals surface area contributed by atoms with Crippen LogP contribution in [0.2, 0.25) is 0 Å². The molecule has 0 radical (unpaired) electrons. The number of hydrogen-bond donors (Lipinski definition) is 1. The fourth-order valence-electron chi connectivity index (χ4n) is 2.26. The summed E-state index contributed by atoms with van der Waals surface area (Å²) in [7, 11) is 1.84. The molecule has 4 heteroatoms. The Kier molecular flexibility index (Phi) is 4.93. The SMILES string of the molecule is CC(c1ccncc1)N(C)C(=O)CCc1cccc(N)c1. The van der Waals surface area contributed by atoms with Crippen molar-refractivity contribution in [3.05, 3.63) is 59.9 Å². The summed E-state index contributed by atoms with van der Waals surface area (Å²) >= 11 is 0. The molecule has 1 atom stereocenters. The van der Waals surface area contributed by atoms with Crippen molar-refractivity contribution in [2.24, 2.45) is 0 Å². The minimum atomic E-state index is 0.0429. The largest absolute Gasteiger partial charge is 0.399 e. The van der Waals surface area contributed by atoms with Crippen LogP contribution in [0, 0.1) is 0 Å². The van der Waals surface area contributed by atoms with E-state index in [1.165, 1.54) is 0 Å². The van der Waals surface area contributed by atoms with E-state index >= 15 is 0 Å². The van der Waals surface area contributed by atoms with Crippen molar-refractivity contribution >= 4 is 11.6 Å². The first kappa shape index (κ1) is 15.0. The average Bonchev–Trinajstić information content (AvgIpc) is 2.52. The van der Waals surface area contributed by atoms with Crippen molar-refractivity contribution in [2.45, 2.75) is 25.8 Å². The summed E-state index contributed by atoms with van der Waals surface area (Å²) in [4.78, 5) is 18.1. The second-order valence-corrected chi connectivity index (χ2v) is 5.21. The van der Waals surface area contributed by atoms with Crippen LogP contribution in [-0.4, -0.2) is 22.8 Å². The fraction of sp³-hybridized carbons (Fsp3) is 0.294. The third-order valence-corrected chi connectivity index (χ3v) is 3.74. The van der Waals surface area contributed by atoms with E-state index in [1.807, 2.05) is 50.4 Å². The number of anilines is 1. The van der Waals surface area contributed by atoms with E-state index in [-0.39, 0.29) is 11.9 Å². The minimum absolute atomic E-state index is 0.0429. The fourth-order valence-corrected chi connectivity index (χ4v) is 2.26. The first-order valence-electron chi connectivity index (χ1n) is 7.08. The highest BCUT2D eigenvalue weighted by Gasteiger charge is 2.16. The molecule has 0 bridgehead atoms. The second kappa shape index (κ2) is 6.88. The molecule has 4 nitrogen and oxygen atoms in total. The van der Waals surface area contributed by atoms with Gasteiger partial charge in [-0.3, -0.25) is 9.78 Å². The number of nitrogens with zero attached hydrogens (tertiary/aromatic N) is 2. The summed E-state index contributed by atoms with van der Waals surface area (Å²) in [5.74, 6) is 0.127. The quantitative estimate of drug-likeness (QED) is 0.858. The molecule has 0 spiro atoms. The zero-order chi connectivity index (χ0) is 15.2. The summed E-state index contributed by atoms with van der Waals surface area (Å²) in [6.45, 7) is 2.02. The molecule has 21 heavy (non-hydrogen) atoms. The van der Waals surface area contributed by atoms with Crippen LogP contribution in [0.1, 0.15) is 30.5 Å². The van der Waals surface area contributed by atoms with Crippen LogP contribution >= 0.6 is 0 Å². The topological polar surface area (TPSA) is 59.2 Å². The number of carbonyl (C=O) groups excluding carboxylic acids is 1. The number of hydrogen-bond acceptors (Lipinski definition) is 3. The highest BCUT2D eigenvalue weighted by atomic mass is 16.2. The van der Waals surface area contributed by atoms with Gasteiger partial charge < -0.3 is 10.6 Å².